The zero-order chi connectivity index (χ0) is 12.6. The molecular weight excluding hydrogens is 222 g/mol. The lowest BCUT2D eigenvalue weighted by Crippen LogP contribution is -2.31. The van der Waals surface area contributed by atoms with Crippen molar-refractivity contribution in [3.05, 3.63) is 11.7 Å². The van der Waals surface area contributed by atoms with Crippen molar-refractivity contribution < 1.29 is 9.32 Å². The van der Waals surface area contributed by atoms with Crippen LogP contribution < -0.4 is 5.73 Å². The van der Waals surface area contributed by atoms with Crippen LogP contribution in [-0.4, -0.2) is 46.1 Å². The smallest absolute Gasteiger partial charge is 0.320 e. The minimum Gasteiger partial charge on any atom is -0.337 e. The van der Waals surface area contributed by atoms with Crippen molar-refractivity contribution in [3.8, 4) is 0 Å². The summed E-state index contributed by atoms with van der Waals surface area (Å²) in [5.41, 5.74) is 5.22. The van der Waals surface area contributed by atoms with Crippen LogP contribution in [0.4, 0.5) is 4.79 Å². The molecule has 0 unspecified atom stereocenters. The first-order valence-corrected chi connectivity index (χ1v) is 5.50. The van der Waals surface area contributed by atoms with Crippen LogP contribution in [0.1, 0.15) is 25.6 Å². The average Bonchev–Trinajstić information content (AvgIpc) is 2.80. The van der Waals surface area contributed by atoms with Gasteiger partial charge in [0.2, 0.25) is 5.89 Å². The number of likely N-dealkylation sites (N-methyl/N-ethyl adjacent to an activating group) is 1. The minimum atomic E-state index is -0.631. The number of carbonyl (C=O) groups is 1. The van der Waals surface area contributed by atoms with Crippen molar-refractivity contribution in [2.45, 2.75) is 25.9 Å². The third-order valence-corrected chi connectivity index (χ3v) is 2.67. The fourth-order valence-electron chi connectivity index (χ4n) is 1.59. The van der Waals surface area contributed by atoms with Gasteiger partial charge in [0.1, 0.15) is 6.54 Å². The average molecular weight is 239 g/mol. The quantitative estimate of drug-likeness (QED) is 0.810. The van der Waals surface area contributed by atoms with E-state index in [1.165, 1.54) is 0 Å². The lowest BCUT2D eigenvalue weighted by Gasteiger charge is -2.13. The van der Waals surface area contributed by atoms with Gasteiger partial charge in [0.25, 0.3) is 0 Å². The van der Waals surface area contributed by atoms with Gasteiger partial charge in [0, 0.05) is 20.1 Å². The van der Waals surface area contributed by atoms with Crippen LogP contribution in [0.25, 0.3) is 0 Å². The number of rotatable bonds is 3. The fraction of sp³-hybridized carbons (Fsp3) is 0.700. The number of amides is 2. The van der Waals surface area contributed by atoms with E-state index in [9.17, 15) is 4.79 Å². The molecule has 2 amide bonds. The number of carbonyl (C=O) groups excluding carboxylic acids is 1. The number of hydrogen-bond donors (Lipinski definition) is 1. The number of nitrogens with two attached hydrogens (primary N) is 1. The van der Waals surface area contributed by atoms with Crippen LogP contribution in [0.5, 0.6) is 0 Å². The maximum atomic E-state index is 11.7. The molecule has 17 heavy (non-hydrogen) atoms. The van der Waals surface area contributed by atoms with Crippen molar-refractivity contribution in [2.75, 3.05) is 20.1 Å². The molecule has 7 heteroatoms. The maximum Gasteiger partial charge on any atom is 0.320 e. The van der Waals surface area contributed by atoms with Gasteiger partial charge >= 0.3 is 6.03 Å². The third-order valence-electron chi connectivity index (χ3n) is 2.67. The molecule has 2 N–H and O–H groups in total. The highest BCUT2D eigenvalue weighted by molar-refractivity contribution is 5.76. The predicted octanol–water partition coefficient (Wildman–Crippen LogP) is 0.131. The molecule has 1 aliphatic rings. The van der Waals surface area contributed by atoms with Crippen LogP contribution in [-0.2, 0) is 12.1 Å². The van der Waals surface area contributed by atoms with Gasteiger partial charge in [0.15, 0.2) is 5.82 Å². The van der Waals surface area contributed by atoms with E-state index in [4.69, 9.17) is 10.3 Å². The van der Waals surface area contributed by atoms with Crippen LogP contribution in [0.15, 0.2) is 4.52 Å². The zero-order valence-electron chi connectivity index (χ0n) is 10.3. The first-order valence-electron chi connectivity index (χ1n) is 5.50. The van der Waals surface area contributed by atoms with Gasteiger partial charge in [0.05, 0.1) is 5.54 Å². The maximum absolute atomic E-state index is 11.7. The van der Waals surface area contributed by atoms with Crippen molar-refractivity contribution in [1.29, 1.82) is 0 Å². The zero-order valence-corrected chi connectivity index (χ0v) is 10.3. The summed E-state index contributed by atoms with van der Waals surface area (Å²) in [6.07, 6.45) is 0. The molecule has 2 rings (SSSR count). The van der Waals surface area contributed by atoms with Gasteiger partial charge in [-0.25, -0.2) is 4.79 Å². The molecule has 0 saturated carbocycles. The highest BCUT2D eigenvalue weighted by atomic mass is 16.5. The van der Waals surface area contributed by atoms with Crippen molar-refractivity contribution in [1.82, 2.24) is 19.9 Å². The Morgan fingerprint density at radius 3 is 2.65 bits per heavy atom. The van der Waals surface area contributed by atoms with Crippen LogP contribution in [0.2, 0.25) is 0 Å². The molecule has 0 aromatic carbocycles. The lowest BCUT2D eigenvalue weighted by molar-refractivity contribution is 0.191. The van der Waals surface area contributed by atoms with E-state index in [0.29, 0.717) is 24.8 Å². The Morgan fingerprint density at radius 1 is 1.47 bits per heavy atom. The second-order valence-electron chi connectivity index (χ2n) is 4.86. The number of aromatic nitrogens is 2. The number of urea groups is 1. The highest BCUT2D eigenvalue weighted by Crippen LogP contribution is 2.15. The van der Waals surface area contributed by atoms with Crippen LogP contribution >= 0.6 is 0 Å². The van der Waals surface area contributed by atoms with Crippen LogP contribution in [0.3, 0.4) is 0 Å². The minimum absolute atomic E-state index is 0.0169. The molecule has 1 aliphatic heterocycles. The van der Waals surface area contributed by atoms with E-state index >= 15 is 0 Å². The predicted molar refractivity (Wildman–Crippen MR) is 59.9 cm³/mol. The Kier molecular flexibility index (Phi) is 2.78. The summed E-state index contributed by atoms with van der Waals surface area (Å²) in [5, 5.41) is 3.81. The Hall–Kier alpha value is -1.63. The molecule has 1 fully saturated rings. The Bertz CT molecular complexity index is 423. The molecule has 0 radical (unpaired) electrons. The number of nitrogens with zero attached hydrogens (tertiary/aromatic N) is 4. The van der Waals surface area contributed by atoms with Gasteiger partial charge in [-0.2, -0.15) is 4.98 Å². The highest BCUT2D eigenvalue weighted by Gasteiger charge is 2.28. The van der Waals surface area contributed by atoms with Crippen LogP contribution in [0, 0.1) is 0 Å². The van der Waals surface area contributed by atoms with E-state index in [2.05, 4.69) is 10.1 Å². The first-order chi connectivity index (χ1) is 7.88. The monoisotopic (exact) mass is 239 g/mol. The summed E-state index contributed by atoms with van der Waals surface area (Å²) < 4.78 is 5.08. The standard InChI is InChI=1S/C10H17N5O2/c1-10(2,11)8-12-7(17-13-8)6-15-5-4-14(3)9(15)16/h4-6,11H2,1-3H3. The number of hydrogen-bond acceptors (Lipinski definition) is 5. The van der Waals surface area contributed by atoms with Crippen molar-refractivity contribution in [2.24, 2.45) is 5.73 Å². The third kappa shape index (κ3) is 2.38. The summed E-state index contributed by atoms with van der Waals surface area (Å²) in [6, 6.07) is -0.0169. The summed E-state index contributed by atoms with van der Waals surface area (Å²) in [6.45, 7) is 5.35. The van der Waals surface area contributed by atoms with E-state index in [1.807, 2.05) is 0 Å². The summed E-state index contributed by atoms with van der Waals surface area (Å²) in [4.78, 5) is 19.2. The molecule has 1 aromatic heterocycles. The van der Waals surface area contributed by atoms with Crippen molar-refractivity contribution >= 4 is 6.03 Å². The molecule has 0 spiro atoms. The topological polar surface area (TPSA) is 88.5 Å². The molecule has 94 valence electrons. The largest absolute Gasteiger partial charge is 0.337 e. The van der Waals surface area contributed by atoms with Gasteiger partial charge in [-0.1, -0.05) is 5.16 Å². The van der Waals surface area contributed by atoms with E-state index < -0.39 is 5.54 Å². The Labute approximate surface area is 99.6 Å². The second kappa shape index (κ2) is 3.99. The molecule has 1 aromatic rings. The molecular formula is C10H17N5O2. The summed E-state index contributed by atoms with van der Waals surface area (Å²) in [5.74, 6) is 0.870. The summed E-state index contributed by atoms with van der Waals surface area (Å²) >= 11 is 0. The fourth-order valence-corrected chi connectivity index (χ4v) is 1.59. The van der Waals surface area contributed by atoms with E-state index in [0.717, 1.165) is 6.54 Å². The molecule has 0 bridgehead atoms. The lowest BCUT2D eigenvalue weighted by atomic mass is 10.1. The molecule has 0 atom stereocenters. The van der Waals surface area contributed by atoms with E-state index in [-0.39, 0.29) is 6.03 Å². The SMILES string of the molecule is CN1CCN(Cc2nc(C(C)(C)N)no2)C1=O. The first kappa shape index (κ1) is 11.8. The Balaban J connectivity index is 2.05. The van der Waals surface area contributed by atoms with Gasteiger partial charge in [-0.3, -0.25) is 0 Å². The second-order valence-corrected chi connectivity index (χ2v) is 4.86. The summed E-state index contributed by atoms with van der Waals surface area (Å²) in [7, 11) is 1.77. The van der Waals surface area contributed by atoms with Gasteiger partial charge < -0.3 is 20.1 Å². The molecule has 1 saturated heterocycles. The Morgan fingerprint density at radius 2 is 2.18 bits per heavy atom. The molecule has 2 heterocycles. The normalized spacial score (nSPS) is 17.1. The van der Waals surface area contributed by atoms with E-state index in [1.54, 1.807) is 30.7 Å². The van der Waals surface area contributed by atoms with Gasteiger partial charge in [-0.05, 0) is 13.8 Å². The molecule has 0 aliphatic carbocycles. The van der Waals surface area contributed by atoms with Gasteiger partial charge in [-0.15, -0.1) is 0 Å². The molecule has 7 nitrogen and oxygen atoms in total. The van der Waals surface area contributed by atoms with Crippen molar-refractivity contribution in [3.63, 3.8) is 0 Å².